The molecule has 0 amide bonds. The summed E-state index contributed by atoms with van der Waals surface area (Å²) in [7, 11) is 6.49. The molecule has 0 spiro atoms. The van der Waals surface area contributed by atoms with Crippen LogP contribution in [-0.2, 0) is 16.5 Å². The molecule has 1 fully saturated rings. The lowest BCUT2D eigenvalue weighted by Crippen LogP contribution is -2.41. The van der Waals surface area contributed by atoms with E-state index in [1.807, 2.05) is 68.4 Å². The minimum Gasteiger partial charge on any atom is -0.497 e. The first kappa shape index (κ1) is 74.9. The smallest absolute Gasteiger partial charge is 0.240 e. The quantitative estimate of drug-likeness (QED) is 0.0556. The monoisotopic (exact) mass is 1430 g/mol. The van der Waals surface area contributed by atoms with Gasteiger partial charge in [0.05, 0.1) is 33.3 Å². The van der Waals surface area contributed by atoms with Crippen LogP contribution in [0.1, 0.15) is 142 Å². The Kier molecular flexibility index (Phi) is 24.3. The van der Waals surface area contributed by atoms with Crippen molar-refractivity contribution < 1.29 is 60.8 Å². The minimum atomic E-state index is -1.59. The number of hydrogen-bond donors (Lipinski definition) is 0. The van der Waals surface area contributed by atoms with E-state index in [0.717, 1.165) is 35.5 Å². The molecule has 0 N–H and O–H groups in total. The maximum atomic E-state index is 13.1. The van der Waals surface area contributed by atoms with Crippen molar-refractivity contribution in [2.24, 2.45) is 11.3 Å². The van der Waals surface area contributed by atoms with E-state index in [2.05, 4.69) is 57.2 Å². The zero-order valence-corrected chi connectivity index (χ0v) is 61.4. The summed E-state index contributed by atoms with van der Waals surface area (Å²) in [5.74, 6) is 5.86. The molecule has 0 aliphatic heterocycles. The van der Waals surface area contributed by atoms with Gasteiger partial charge in [-0.05, 0) is 225 Å². The molecule has 0 aromatic heterocycles. The summed E-state index contributed by atoms with van der Waals surface area (Å²) >= 11 is -1.59. The van der Waals surface area contributed by atoms with Gasteiger partial charge in [-0.2, -0.15) is 0 Å². The predicted octanol–water partition coefficient (Wildman–Crippen LogP) is 20.7. The van der Waals surface area contributed by atoms with Crippen LogP contribution in [0.25, 0.3) is 0 Å². The van der Waals surface area contributed by atoms with Crippen molar-refractivity contribution >= 4 is 40.0 Å². The van der Waals surface area contributed by atoms with Crippen molar-refractivity contribution in [3.63, 3.8) is 0 Å². The second-order valence-electron chi connectivity index (χ2n) is 26.9. The molecule has 106 heavy (non-hydrogen) atoms. The molecule has 0 saturated heterocycles. The lowest BCUT2D eigenvalue weighted by Gasteiger charge is -2.48. The highest BCUT2D eigenvalue weighted by Crippen LogP contribution is 2.54. The number of methoxy groups -OCH3 is 4. The normalized spacial score (nSPS) is 14.4. The number of aryl methyl sites for hydroxylation is 2. The molecule has 1 aliphatic rings. The van der Waals surface area contributed by atoms with E-state index >= 15 is 0 Å². The summed E-state index contributed by atoms with van der Waals surface area (Å²) in [4.78, 5) is 65.2. The summed E-state index contributed by atoms with van der Waals surface area (Å²) in [6, 6.07) is 87.0. The number of rotatable bonds is 23. The highest BCUT2D eigenvalue weighted by Gasteiger charge is 2.45. The molecular formula is C92H82O13S. The summed E-state index contributed by atoms with van der Waals surface area (Å²) in [6.07, 6.45) is 3.36. The Morgan fingerprint density at radius 3 is 0.972 bits per heavy atom. The van der Waals surface area contributed by atoms with Crippen LogP contribution in [0.15, 0.2) is 296 Å². The number of carbonyl (C=O) groups excluding carboxylic acids is 5. The number of hydrogen-bond acceptors (Lipinski definition) is 13. The van der Waals surface area contributed by atoms with Gasteiger partial charge in [0.2, 0.25) is 11.1 Å². The van der Waals surface area contributed by atoms with Crippen LogP contribution in [0.4, 0.5) is 0 Å². The number of ketones is 5. The first-order valence-electron chi connectivity index (χ1n) is 34.7. The van der Waals surface area contributed by atoms with Crippen LogP contribution in [0.2, 0.25) is 0 Å². The first-order chi connectivity index (χ1) is 51.2. The molecule has 534 valence electrons. The lowest BCUT2D eigenvalue weighted by atomic mass is 9.55. The van der Waals surface area contributed by atoms with Gasteiger partial charge in [-0.25, -0.2) is 4.21 Å². The van der Waals surface area contributed by atoms with Crippen LogP contribution < -0.4 is 32.6 Å². The Morgan fingerprint density at radius 1 is 0.321 bits per heavy atom. The SMILES string of the molecule is COc1ccc(C(=O)c2ccc(Oc3ccc(C(=O)c4cccc(C(=O)c5ccc(C)cc5)c4)cc3)cc2)cc1.COc1ccc(S(=O)Oc2ccc(C3(c4ccc(OC)cc4)CC(C)CC(C)(C)C3)cc2)cc1.COc1cccc(Oc2ccc(C(=O)c3cccc(C(=O)c4ccc(C)cc4)c3)cc2)c1. The molecule has 12 aromatic carbocycles. The molecular weight excluding hydrogens is 1350 g/mol. The number of benzene rings is 12. The van der Waals surface area contributed by atoms with Crippen LogP contribution in [0, 0.1) is 25.2 Å². The minimum absolute atomic E-state index is 0.0956. The van der Waals surface area contributed by atoms with Crippen LogP contribution in [0.3, 0.4) is 0 Å². The molecule has 12 aromatic rings. The first-order valence-corrected chi connectivity index (χ1v) is 35.8. The van der Waals surface area contributed by atoms with Gasteiger partial charge in [0.15, 0.2) is 28.9 Å². The molecule has 0 bridgehead atoms. The highest BCUT2D eigenvalue weighted by molar-refractivity contribution is 7.80. The second kappa shape index (κ2) is 34.4. The Bertz CT molecular complexity index is 5050. The van der Waals surface area contributed by atoms with Crippen LogP contribution >= 0.6 is 0 Å². The van der Waals surface area contributed by atoms with Gasteiger partial charge >= 0.3 is 0 Å². The molecule has 13 rings (SSSR count). The maximum absolute atomic E-state index is 13.1. The fraction of sp³-hybridized carbons (Fsp3) is 0.163. The Morgan fingerprint density at radius 2 is 0.613 bits per heavy atom. The topological polar surface area (TPSA) is 167 Å². The third kappa shape index (κ3) is 18.9. The van der Waals surface area contributed by atoms with E-state index in [1.165, 1.54) is 17.5 Å². The predicted molar refractivity (Wildman–Crippen MR) is 415 cm³/mol. The van der Waals surface area contributed by atoms with Crippen molar-refractivity contribution in [1.82, 2.24) is 0 Å². The molecule has 1 aliphatic carbocycles. The fourth-order valence-corrected chi connectivity index (χ4v) is 14.0. The standard InChI is InChI=1S/C35H26O5.C29H34O4S.C28H22O4/c1-23-6-8-24(9-7-23)34(37)28-4-3-5-29(22-28)35(38)27-14-20-32(21-15-27)40-31-18-12-26(13-19-31)33(36)25-10-16-30(39-2)17-11-25;1-21-18-28(2,3)20-29(19-21,22-6-10-24(31-4)11-7-22)23-8-12-26(13-9-23)33-34(30)27-16-14-25(32-5)15-17-27;1-19-9-11-20(12-10-19)27(29)22-5-3-6-23(17-22)28(30)21-13-15-24(16-14-21)32-26-8-4-7-25(18-26)31-2/h3-22H,1-2H3;6-17,21H,18-20H2,1-5H3;3-18H,1-2H3. The van der Waals surface area contributed by atoms with E-state index in [4.69, 9.17) is 32.6 Å². The van der Waals surface area contributed by atoms with E-state index in [0.29, 0.717) is 107 Å². The molecule has 0 heterocycles. The summed E-state index contributed by atoms with van der Waals surface area (Å²) in [5.41, 5.74) is 9.99. The molecule has 13 nitrogen and oxygen atoms in total. The average Bonchev–Trinajstić information content (AvgIpc) is 0.746. The van der Waals surface area contributed by atoms with Crippen molar-refractivity contribution in [2.75, 3.05) is 28.4 Å². The van der Waals surface area contributed by atoms with Gasteiger partial charge in [-0.3, -0.25) is 24.0 Å². The highest BCUT2D eigenvalue weighted by atomic mass is 32.2. The Labute approximate surface area is 622 Å². The maximum Gasteiger partial charge on any atom is 0.240 e. The Hall–Kier alpha value is -12.3. The van der Waals surface area contributed by atoms with Gasteiger partial charge in [0.1, 0.15) is 51.7 Å². The largest absolute Gasteiger partial charge is 0.497 e. The van der Waals surface area contributed by atoms with E-state index in [1.54, 1.807) is 229 Å². The van der Waals surface area contributed by atoms with Gasteiger partial charge < -0.3 is 32.6 Å². The second-order valence-corrected chi connectivity index (χ2v) is 28.0. The molecule has 3 atom stereocenters. The Balaban J connectivity index is 0.000000160. The van der Waals surface area contributed by atoms with Gasteiger partial charge in [-0.15, -0.1) is 0 Å². The van der Waals surface area contributed by atoms with Crippen LogP contribution in [0.5, 0.6) is 51.7 Å². The van der Waals surface area contributed by atoms with E-state index in [-0.39, 0.29) is 39.7 Å². The van der Waals surface area contributed by atoms with Gasteiger partial charge in [0.25, 0.3) is 0 Å². The fourth-order valence-electron chi connectivity index (χ4n) is 13.3. The summed E-state index contributed by atoms with van der Waals surface area (Å²) < 4.78 is 51.1. The lowest BCUT2D eigenvalue weighted by molar-refractivity contribution is 0.102. The molecule has 3 unspecified atom stereocenters. The van der Waals surface area contributed by atoms with E-state index in [9.17, 15) is 28.2 Å². The number of ether oxygens (including phenoxy) is 6. The van der Waals surface area contributed by atoms with E-state index < -0.39 is 11.1 Å². The van der Waals surface area contributed by atoms with Crippen molar-refractivity contribution in [2.45, 2.75) is 64.2 Å². The molecule has 0 radical (unpaired) electrons. The van der Waals surface area contributed by atoms with Crippen molar-refractivity contribution in [1.29, 1.82) is 0 Å². The third-order valence-corrected chi connectivity index (χ3v) is 19.5. The summed E-state index contributed by atoms with van der Waals surface area (Å²) in [5, 5.41) is 0. The van der Waals surface area contributed by atoms with Gasteiger partial charge in [-0.1, -0.05) is 147 Å². The number of carbonyl (C=O) groups is 5. The zero-order chi connectivity index (χ0) is 74.9. The molecule has 14 heteroatoms. The third-order valence-electron chi connectivity index (χ3n) is 18.5. The van der Waals surface area contributed by atoms with Gasteiger partial charge in [0, 0.05) is 67.1 Å². The molecule has 1 saturated carbocycles. The van der Waals surface area contributed by atoms with Crippen LogP contribution in [-0.4, -0.2) is 61.6 Å². The summed E-state index contributed by atoms with van der Waals surface area (Å²) in [6.45, 7) is 11.0. The zero-order valence-electron chi connectivity index (χ0n) is 60.6. The van der Waals surface area contributed by atoms with Crippen molar-refractivity contribution in [3.05, 3.63) is 369 Å². The van der Waals surface area contributed by atoms with Crippen molar-refractivity contribution in [3.8, 4) is 51.7 Å². The average molecular weight is 1430 g/mol.